The van der Waals surface area contributed by atoms with Crippen LogP contribution in [0.4, 0.5) is 0 Å². The van der Waals surface area contributed by atoms with E-state index < -0.39 is 0 Å². The number of hydrogen-bond acceptors (Lipinski definition) is 9. The monoisotopic (exact) mass is 1970 g/mol. The fraction of sp³-hybridized carbons (Fsp3) is 0. The van der Waals surface area contributed by atoms with Crippen LogP contribution in [-0.2, 0) is 0 Å². The second-order valence-corrected chi connectivity index (χ2v) is 40.9. The number of benzene rings is 21. The second-order valence-electron chi connectivity index (χ2n) is 37.8. The summed E-state index contributed by atoms with van der Waals surface area (Å²) in [5.74, 6) is 2.20. The van der Waals surface area contributed by atoms with Crippen LogP contribution in [-0.4, -0.2) is 43.6 Å². The fourth-order valence-electron chi connectivity index (χ4n) is 21.9. The average Bonchev–Trinajstić information content (AvgIpc) is 1.58. The summed E-state index contributed by atoms with van der Waals surface area (Å²) < 4.78 is 14.0. The number of aromatic nitrogens is 9. The molecule has 0 radical (unpaired) electrons. The number of fused-ring (bicyclic) bond motifs is 18. The van der Waals surface area contributed by atoms with Gasteiger partial charge in [-0.1, -0.05) is 425 Å². The van der Waals surface area contributed by atoms with E-state index in [-0.39, 0.29) is 0 Å². The van der Waals surface area contributed by atoms with Crippen molar-refractivity contribution in [3.05, 3.63) is 528 Å². The van der Waals surface area contributed by atoms with Crippen LogP contribution < -0.4 is 0 Å². The van der Waals surface area contributed by atoms with Gasteiger partial charge in [0.05, 0.1) is 80.8 Å². The number of nitrogens with zero attached hydrogens (tertiary/aromatic N) is 9. The molecule has 0 unspecified atom stereocenters. The fourth-order valence-corrected chi connectivity index (χ4v) is 25.5. The lowest BCUT2D eigenvalue weighted by Crippen LogP contribution is -1.94. The molecule has 30 rings (SSSR count). The smallest absolute Gasteiger partial charge is 0.160 e. The SMILES string of the molecule is c1ccc(-c2ccc(-c3nc(-c4ccccc4)nc4c3sc3cccc(-c5cccc(-c6cccc(-n7c8ccccc8c8ccccc87)c6)c5)c34)cc2)cc1.c1ccc(-c2cccc(-c3nc(-c4ccccc4)nc4c3sc3cccc(-c5ccc(-n6c7ccccc7c7ccccc76)cc5)c34)c2)cc1.c1ccc(-c2nc(-c3ccccc3)c3sc4cccc(-c5ccc(-n6c7ccccc7c7ccccc76)cc5)c4c3n2)cc1. The first kappa shape index (κ1) is 88.6. The van der Waals surface area contributed by atoms with Crippen molar-refractivity contribution >= 4 is 160 Å². The Labute approximate surface area is 876 Å². The van der Waals surface area contributed by atoms with Crippen molar-refractivity contribution in [2.45, 2.75) is 0 Å². The summed E-state index contributed by atoms with van der Waals surface area (Å²) >= 11 is 5.31. The van der Waals surface area contributed by atoms with E-state index in [0.717, 1.165) is 143 Å². The van der Waals surface area contributed by atoms with E-state index in [1.54, 1.807) is 34.0 Å². The van der Waals surface area contributed by atoms with Gasteiger partial charge in [0.15, 0.2) is 17.5 Å². The Bertz CT molecular complexity index is 10300. The van der Waals surface area contributed by atoms with E-state index >= 15 is 0 Å². The molecule has 0 N–H and O–H groups in total. The van der Waals surface area contributed by atoms with Gasteiger partial charge in [0, 0.05) is 113 Å². The van der Waals surface area contributed by atoms with Crippen LogP contribution in [0.25, 0.3) is 278 Å². The summed E-state index contributed by atoms with van der Waals surface area (Å²) in [6.07, 6.45) is 0. The van der Waals surface area contributed by atoms with Gasteiger partial charge in [-0.15, -0.1) is 34.0 Å². The normalized spacial score (nSPS) is 11.6. The van der Waals surface area contributed by atoms with Gasteiger partial charge in [0.25, 0.3) is 0 Å². The molecule has 0 spiro atoms. The van der Waals surface area contributed by atoms with Crippen LogP contribution in [0.1, 0.15) is 0 Å². The third-order valence-electron chi connectivity index (χ3n) is 28.9. The molecule has 0 saturated heterocycles. The highest BCUT2D eigenvalue weighted by molar-refractivity contribution is 7.27. The molecule has 9 heterocycles. The van der Waals surface area contributed by atoms with E-state index in [0.29, 0.717) is 0 Å². The Morgan fingerprint density at radius 1 is 0.147 bits per heavy atom. The van der Waals surface area contributed by atoms with Crippen molar-refractivity contribution in [1.29, 1.82) is 0 Å². The van der Waals surface area contributed by atoms with Gasteiger partial charge in [-0.25, -0.2) is 29.9 Å². The van der Waals surface area contributed by atoms with Gasteiger partial charge >= 0.3 is 0 Å². The van der Waals surface area contributed by atoms with Gasteiger partial charge in [-0.05, 0) is 170 Å². The predicted octanol–water partition coefficient (Wildman–Crippen LogP) is 37.8. The molecule has 0 bridgehead atoms. The lowest BCUT2D eigenvalue weighted by molar-refractivity contribution is 1.18. The van der Waals surface area contributed by atoms with E-state index in [1.807, 2.05) is 36.4 Å². The third kappa shape index (κ3) is 15.8. The van der Waals surface area contributed by atoms with Crippen LogP contribution in [0, 0.1) is 0 Å². The molecule has 9 nitrogen and oxygen atoms in total. The van der Waals surface area contributed by atoms with E-state index in [2.05, 4.69) is 505 Å². The standard InChI is InChI=1S/C52H33N3S.C46H29N3S.C40H25N3S/c1-3-14-34(15-4-1)35-28-30-36(31-29-35)49-51-50(54-52(53-49)37-16-5-2-6-17-37)48-42(24-13-27-47(48)56-51)40-20-11-18-38(32-40)39-19-12-21-41(33-39)55-45-25-9-7-22-43(45)44-23-8-10-26-46(44)55;1-3-13-30(14-4-1)33-17-11-18-34(29-33)43-45-44(48-46(47-43)32-15-5-2-6-16-32)42-36(21-12-24-41(42)50-45)31-25-27-35(28-26-31)49-39-22-9-7-19-37(39)38-20-8-10-23-40(38)49;1-3-12-27(13-4-1)37-39-38(42-40(41-37)28-14-5-2-6-15-28)36-30(18-11-21-35(36)44-39)26-22-24-29(25-23-26)43-33-19-9-7-16-31(33)32-17-8-10-20-34(32)43/h1-33H;1-29H;1-25H. The molecule has 0 aliphatic heterocycles. The lowest BCUT2D eigenvalue weighted by Gasteiger charge is -2.12. The average molecular weight is 1970 g/mol. The molecule has 21 aromatic carbocycles. The molecule has 0 aliphatic rings. The summed E-state index contributed by atoms with van der Waals surface area (Å²) in [6.45, 7) is 0. The quantitative estimate of drug-likeness (QED) is 0.102. The molecular formula is C138H87N9S3. The van der Waals surface area contributed by atoms with Crippen molar-refractivity contribution in [3.63, 3.8) is 0 Å². The molecule has 9 aromatic heterocycles. The molecule has 0 saturated carbocycles. The topological polar surface area (TPSA) is 92.1 Å². The van der Waals surface area contributed by atoms with Crippen LogP contribution in [0.2, 0.25) is 0 Å². The summed E-state index contributed by atoms with van der Waals surface area (Å²) in [6, 6.07) is 187. The number of hydrogen-bond donors (Lipinski definition) is 0. The molecular weight excluding hydrogens is 1880 g/mol. The Kier molecular flexibility index (Phi) is 22.3. The Balaban J connectivity index is 0.000000109. The number of rotatable bonds is 15. The number of thiophene rings is 3. The minimum Gasteiger partial charge on any atom is -0.309 e. The molecule has 0 fully saturated rings. The molecule has 0 atom stereocenters. The first-order chi connectivity index (χ1) is 74.4. The van der Waals surface area contributed by atoms with Gasteiger partial charge in [0.1, 0.15) is 0 Å². The van der Waals surface area contributed by atoms with Crippen molar-refractivity contribution in [3.8, 4) is 152 Å². The molecule has 30 aromatic rings. The zero-order chi connectivity index (χ0) is 99.1. The highest BCUT2D eigenvalue weighted by atomic mass is 32.1. The zero-order valence-corrected chi connectivity index (χ0v) is 83.4. The van der Waals surface area contributed by atoms with Gasteiger partial charge in [-0.3, -0.25) is 0 Å². The van der Waals surface area contributed by atoms with E-state index in [9.17, 15) is 0 Å². The molecule has 702 valence electrons. The Morgan fingerprint density at radius 3 is 0.747 bits per heavy atom. The maximum absolute atomic E-state index is 5.34. The molecule has 0 amide bonds. The maximum atomic E-state index is 5.34. The summed E-state index contributed by atoms with van der Waals surface area (Å²) in [7, 11) is 0. The first-order valence-electron chi connectivity index (χ1n) is 50.5. The van der Waals surface area contributed by atoms with Crippen LogP contribution in [0.3, 0.4) is 0 Å². The van der Waals surface area contributed by atoms with Crippen molar-refractivity contribution < 1.29 is 0 Å². The minimum atomic E-state index is 0.727. The van der Waals surface area contributed by atoms with Gasteiger partial charge in [-0.2, -0.15) is 0 Å². The molecule has 150 heavy (non-hydrogen) atoms. The third-order valence-corrected chi connectivity index (χ3v) is 32.4. The highest BCUT2D eigenvalue weighted by Crippen LogP contribution is 2.50. The lowest BCUT2D eigenvalue weighted by atomic mass is 9.96. The Hall–Kier alpha value is -19.1. The Morgan fingerprint density at radius 2 is 0.380 bits per heavy atom. The summed E-state index contributed by atoms with van der Waals surface area (Å²) in [4.78, 5) is 31.5. The van der Waals surface area contributed by atoms with Crippen molar-refractivity contribution in [2.75, 3.05) is 0 Å². The highest BCUT2D eigenvalue weighted by Gasteiger charge is 2.27. The maximum Gasteiger partial charge on any atom is 0.160 e. The van der Waals surface area contributed by atoms with Gasteiger partial charge < -0.3 is 13.7 Å². The van der Waals surface area contributed by atoms with Crippen LogP contribution >= 0.6 is 34.0 Å². The zero-order valence-electron chi connectivity index (χ0n) is 81.0. The number of para-hydroxylation sites is 6. The first-order valence-corrected chi connectivity index (χ1v) is 53.0. The van der Waals surface area contributed by atoms with Crippen LogP contribution in [0.5, 0.6) is 0 Å². The largest absolute Gasteiger partial charge is 0.309 e. The van der Waals surface area contributed by atoms with Gasteiger partial charge in [0.2, 0.25) is 0 Å². The van der Waals surface area contributed by atoms with E-state index in [4.69, 9.17) is 29.9 Å². The second kappa shape index (κ2) is 37.8. The minimum absolute atomic E-state index is 0.727. The molecule has 12 heteroatoms. The van der Waals surface area contributed by atoms with Crippen LogP contribution in [0.15, 0.2) is 528 Å². The molecule has 0 aliphatic carbocycles. The summed E-state index contributed by atoms with van der Waals surface area (Å²) in [5, 5.41) is 11.1. The van der Waals surface area contributed by atoms with E-state index in [1.165, 1.54) is 135 Å². The predicted molar refractivity (Wildman–Crippen MR) is 633 cm³/mol. The summed E-state index contributed by atoms with van der Waals surface area (Å²) in [5.41, 5.74) is 36.9. The van der Waals surface area contributed by atoms with Crippen molar-refractivity contribution in [2.24, 2.45) is 0 Å². The van der Waals surface area contributed by atoms with Crippen molar-refractivity contribution in [1.82, 2.24) is 43.6 Å².